The zero-order valence-electron chi connectivity index (χ0n) is 11.4. The van der Waals surface area contributed by atoms with Gasteiger partial charge < -0.3 is 10.1 Å². The second-order valence-electron chi connectivity index (χ2n) is 5.27. The smallest absolute Gasteiger partial charge is 0.311 e. The van der Waals surface area contributed by atoms with Gasteiger partial charge >= 0.3 is 5.69 Å². The highest BCUT2D eigenvalue weighted by atomic mass is 16.6. The predicted molar refractivity (Wildman–Crippen MR) is 74.7 cm³/mol. The molecule has 1 aliphatic carbocycles. The molecule has 1 aromatic carbocycles. The number of anilines is 1. The first kappa shape index (κ1) is 13.6. The standard InChI is InChI=1S/C14H20N2O3/c1-10(2)19-14-9-12(5-6-13(14)16(17)18)15-8-7-11-3-4-11/h5-6,9-11,15H,3-4,7-8H2,1-2H3. The van der Waals surface area contributed by atoms with Crippen LogP contribution in [0.5, 0.6) is 5.75 Å². The summed E-state index contributed by atoms with van der Waals surface area (Å²) in [5.74, 6) is 1.20. The number of nitro groups is 1. The Balaban J connectivity index is 2.04. The summed E-state index contributed by atoms with van der Waals surface area (Å²) in [5, 5.41) is 14.2. The maximum atomic E-state index is 10.9. The minimum atomic E-state index is -0.411. The van der Waals surface area contributed by atoms with Gasteiger partial charge in [0, 0.05) is 24.4 Å². The molecule has 104 valence electrons. The summed E-state index contributed by atoms with van der Waals surface area (Å²) in [4.78, 5) is 10.5. The van der Waals surface area contributed by atoms with Gasteiger partial charge in [-0.2, -0.15) is 0 Å². The number of ether oxygens (including phenoxy) is 1. The van der Waals surface area contributed by atoms with Crippen LogP contribution < -0.4 is 10.1 Å². The lowest BCUT2D eigenvalue weighted by molar-refractivity contribution is -0.386. The van der Waals surface area contributed by atoms with Gasteiger partial charge in [-0.1, -0.05) is 12.8 Å². The molecule has 0 radical (unpaired) electrons. The quantitative estimate of drug-likeness (QED) is 0.603. The summed E-state index contributed by atoms with van der Waals surface area (Å²) < 4.78 is 5.51. The van der Waals surface area contributed by atoms with E-state index in [4.69, 9.17) is 4.74 Å². The Labute approximate surface area is 113 Å². The van der Waals surface area contributed by atoms with Crippen molar-refractivity contribution >= 4 is 11.4 Å². The van der Waals surface area contributed by atoms with Gasteiger partial charge in [-0.05, 0) is 32.3 Å². The number of hydrogen-bond donors (Lipinski definition) is 1. The van der Waals surface area contributed by atoms with Crippen LogP contribution in [0.3, 0.4) is 0 Å². The fourth-order valence-electron chi connectivity index (χ4n) is 1.95. The summed E-state index contributed by atoms with van der Waals surface area (Å²) in [6.45, 7) is 4.62. The van der Waals surface area contributed by atoms with Crippen LogP contribution in [0.15, 0.2) is 18.2 Å². The minimum absolute atomic E-state index is 0.0152. The van der Waals surface area contributed by atoms with Crippen LogP contribution in [0.4, 0.5) is 11.4 Å². The molecule has 19 heavy (non-hydrogen) atoms. The first-order valence-electron chi connectivity index (χ1n) is 6.75. The van der Waals surface area contributed by atoms with E-state index in [0.717, 1.165) is 24.6 Å². The van der Waals surface area contributed by atoms with Crippen molar-refractivity contribution in [1.82, 2.24) is 0 Å². The zero-order valence-corrected chi connectivity index (χ0v) is 11.4. The summed E-state index contributed by atoms with van der Waals surface area (Å²) in [6.07, 6.45) is 3.76. The third-order valence-corrected chi connectivity index (χ3v) is 3.10. The number of benzene rings is 1. The molecular weight excluding hydrogens is 244 g/mol. The molecule has 1 aliphatic rings. The predicted octanol–water partition coefficient (Wildman–Crippen LogP) is 3.59. The van der Waals surface area contributed by atoms with Crippen molar-refractivity contribution in [3.05, 3.63) is 28.3 Å². The molecule has 0 aromatic heterocycles. The average molecular weight is 264 g/mol. The van der Waals surface area contributed by atoms with Gasteiger partial charge in [-0.15, -0.1) is 0 Å². The molecule has 2 rings (SSSR count). The molecule has 0 saturated heterocycles. The third kappa shape index (κ3) is 4.12. The van der Waals surface area contributed by atoms with Gasteiger partial charge in [0.25, 0.3) is 0 Å². The SMILES string of the molecule is CC(C)Oc1cc(NCCC2CC2)ccc1[N+](=O)[O-]. The molecule has 1 saturated carbocycles. The number of nitro benzene ring substituents is 1. The van der Waals surface area contributed by atoms with E-state index >= 15 is 0 Å². The molecule has 5 heteroatoms. The van der Waals surface area contributed by atoms with Gasteiger partial charge in [0.05, 0.1) is 11.0 Å². The van der Waals surface area contributed by atoms with Gasteiger partial charge in [0.2, 0.25) is 0 Å². The lowest BCUT2D eigenvalue weighted by atomic mass is 10.2. The highest BCUT2D eigenvalue weighted by molar-refractivity contribution is 5.58. The molecule has 5 nitrogen and oxygen atoms in total. The van der Waals surface area contributed by atoms with E-state index < -0.39 is 4.92 Å². The van der Waals surface area contributed by atoms with Crippen LogP contribution in [0, 0.1) is 16.0 Å². The van der Waals surface area contributed by atoms with E-state index in [2.05, 4.69) is 5.32 Å². The Morgan fingerprint density at radius 3 is 2.79 bits per heavy atom. The lowest BCUT2D eigenvalue weighted by Gasteiger charge is -2.12. The topological polar surface area (TPSA) is 64.4 Å². The lowest BCUT2D eigenvalue weighted by Crippen LogP contribution is -2.08. The first-order chi connectivity index (χ1) is 9.06. The van der Waals surface area contributed by atoms with Crippen molar-refractivity contribution in [3.63, 3.8) is 0 Å². The van der Waals surface area contributed by atoms with E-state index in [1.165, 1.54) is 18.9 Å². The summed E-state index contributed by atoms with van der Waals surface area (Å²) in [5.41, 5.74) is 0.892. The molecule has 0 atom stereocenters. The molecule has 0 bridgehead atoms. The second kappa shape index (κ2) is 5.91. The molecule has 1 fully saturated rings. The van der Waals surface area contributed by atoms with Crippen LogP contribution in [-0.4, -0.2) is 17.6 Å². The molecule has 0 amide bonds. The van der Waals surface area contributed by atoms with Crippen LogP contribution in [0.25, 0.3) is 0 Å². The van der Waals surface area contributed by atoms with Crippen molar-refractivity contribution < 1.29 is 9.66 Å². The second-order valence-corrected chi connectivity index (χ2v) is 5.27. The summed E-state index contributed by atoms with van der Waals surface area (Å²) in [6, 6.07) is 4.94. The van der Waals surface area contributed by atoms with Crippen LogP contribution in [0.2, 0.25) is 0 Å². The molecular formula is C14H20N2O3. The fourth-order valence-corrected chi connectivity index (χ4v) is 1.95. The van der Waals surface area contributed by atoms with E-state index in [1.807, 2.05) is 13.8 Å². The van der Waals surface area contributed by atoms with E-state index in [1.54, 1.807) is 12.1 Å². The monoisotopic (exact) mass is 264 g/mol. The zero-order chi connectivity index (χ0) is 13.8. The highest BCUT2D eigenvalue weighted by Crippen LogP contribution is 2.33. The summed E-state index contributed by atoms with van der Waals surface area (Å²) >= 11 is 0. The molecule has 0 unspecified atom stereocenters. The normalized spacial score (nSPS) is 14.5. The first-order valence-corrected chi connectivity index (χ1v) is 6.75. The van der Waals surface area contributed by atoms with Gasteiger partial charge in [0.15, 0.2) is 5.75 Å². The number of hydrogen-bond acceptors (Lipinski definition) is 4. The molecule has 0 aliphatic heterocycles. The van der Waals surface area contributed by atoms with Crippen molar-refractivity contribution in [1.29, 1.82) is 0 Å². The fraction of sp³-hybridized carbons (Fsp3) is 0.571. The number of nitrogens with one attached hydrogen (secondary N) is 1. The van der Waals surface area contributed by atoms with Crippen LogP contribution >= 0.6 is 0 Å². The van der Waals surface area contributed by atoms with Crippen molar-refractivity contribution in [2.24, 2.45) is 5.92 Å². The van der Waals surface area contributed by atoms with Crippen molar-refractivity contribution in [2.75, 3.05) is 11.9 Å². The molecule has 1 N–H and O–H groups in total. The molecule has 1 aromatic rings. The summed E-state index contributed by atoms with van der Waals surface area (Å²) in [7, 11) is 0. The maximum Gasteiger partial charge on any atom is 0.311 e. The molecule has 0 spiro atoms. The largest absolute Gasteiger partial charge is 0.484 e. The Morgan fingerprint density at radius 2 is 2.21 bits per heavy atom. The van der Waals surface area contributed by atoms with E-state index in [-0.39, 0.29) is 11.8 Å². The van der Waals surface area contributed by atoms with Gasteiger partial charge in [0.1, 0.15) is 0 Å². The Morgan fingerprint density at radius 1 is 1.47 bits per heavy atom. The Hall–Kier alpha value is -1.78. The maximum absolute atomic E-state index is 10.9. The van der Waals surface area contributed by atoms with Gasteiger partial charge in [-0.3, -0.25) is 10.1 Å². The Bertz CT molecular complexity index is 456. The highest BCUT2D eigenvalue weighted by Gasteiger charge is 2.20. The minimum Gasteiger partial charge on any atom is -0.484 e. The Kier molecular flexibility index (Phi) is 4.24. The average Bonchev–Trinajstić information content (AvgIpc) is 3.12. The van der Waals surface area contributed by atoms with Crippen LogP contribution in [0.1, 0.15) is 33.1 Å². The molecule has 0 heterocycles. The van der Waals surface area contributed by atoms with Crippen molar-refractivity contribution in [3.8, 4) is 5.75 Å². The third-order valence-electron chi connectivity index (χ3n) is 3.10. The number of rotatable bonds is 7. The van der Waals surface area contributed by atoms with Gasteiger partial charge in [-0.25, -0.2) is 0 Å². The van der Waals surface area contributed by atoms with Crippen molar-refractivity contribution in [2.45, 2.75) is 39.2 Å². The van der Waals surface area contributed by atoms with E-state index in [0.29, 0.717) is 5.75 Å². The van der Waals surface area contributed by atoms with E-state index in [9.17, 15) is 10.1 Å². The van der Waals surface area contributed by atoms with Crippen LogP contribution in [-0.2, 0) is 0 Å². The number of nitrogens with zero attached hydrogens (tertiary/aromatic N) is 1.